The number of rotatable bonds is 4. The molecule has 1 aliphatic rings. The van der Waals surface area contributed by atoms with Crippen molar-refractivity contribution < 1.29 is 23.1 Å². The average molecular weight is 364 g/mol. The van der Waals surface area contributed by atoms with Crippen LogP contribution in [0.4, 0.5) is 13.2 Å². The monoisotopic (exact) mass is 364 g/mol. The van der Waals surface area contributed by atoms with Crippen molar-refractivity contribution in [1.82, 2.24) is 9.88 Å². The third-order valence-corrected chi connectivity index (χ3v) is 4.80. The predicted molar refractivity (Wildman–Crippen MR) is 89.5 cm³/mol. The first-order valence-electron chi connectivity index (χ1n) is 8.40. The fourth-order valence-corrected chi connectivity index (χ4v) is 3.45. The van der Waals surface area contributed by atoms with Crippen LogP contribution in [-0.2, 0) is 11.0 Å². The minimum Gasteiger partial charge on any atom is -0.481 e. The van der Waals surface area contributed by atoms with E-state index in [0.29, 0.717) is 31.5 Å². The highest BCUT2D eigenvalue weighted by atomic mass is 19.4. The minimum atomic E-state index is -4.41. The van der Waals surface area contributed by atoms with Crippen molar-refractivity contribution in [2.24, 2.45) is 5.92 Å². The Morgan fingerprint density at radius 3 is 2.35 bits per heavy atom. The van der Waals surface area contributed by atoms with Gasteiger partial charge in [-0.05, 0) is 61.3 Å². The Labute approximate surface area is 149 Å². The summed E-state index contributed by atoms with van der Waals surface area (Å²) in [5.74, 6) is -1.21. The van der Waals surface area contributed by atoms with Crippen LogP contribution in [0.25, 0.3) is 0 Å². The number of likely N-dealkylation sites (tertiary alicyclic amines) is 1. The van der Waals surface area contributed by atoms with Gasteiger partial charge in [-0.25, -0.2) is 0 Å². The maximum Gasteiger partial charge on any atom is 0.416 e. The summed E-state index contributed by atoms with van der Waals surface area (Å²) >= 11 is 0. The molecule has 2 heterocycles. The summed E-state index contributed by atoms with van der Waals surface area (Å²) in [4.78, 5) is 17.2. The zero-order chi connectivity index (χ0) is 18.7. The van der Waals surface area contributed by atoms with E-state index in [2.05, 4.69) is 4.98 Å². The molecule has 1 aromatic carbocycles. The fraction of sp³-hybridized carbons (Fsp3) is 0.368. The molecule has 1 unspecified atom stereocenters. The number of hydrogen-bond donors (Lipinski definition) is 1. The molecule has 1 saturated heterocycles. The normalized spacial score (nSPS) is 17.8. The lowest BCUT2D eigenvalue weighted by molar-refractivity contribution is -0.143. The summed E-state index contributed by atoms with van der Waals surface area (Å²) < 4.78 is 39.4. The Morgan fingerprint density at radius 2 is 1.77 bits per heavy atom. The maximum atomic E-state index is 13.1. The first kappa shape index (κ1) is 18.4. The molecule has 0 aliphatic carbocycles. The SMILES string of the molecule is O=C(O)C1CCN(C(c2ccncc2)c2cccc(C(F)(F)F)c2)CC1. The third-order valence-electron chi connectivity index (χ3n) is 4.80. The van der Waals surface area contributed by atoms with E-state index in [1.165, 1.54) is 12.1 Å². The number of aliphatic carboxylic acids is 1. The van der Waals surface area contributed by atoms with Gasteiger partial charge in [-0.3, -0.25) is 14.7 Å². The number of hydrogen-bond acceptors (Lipinski definition) is 3. The summed E-state index contributed by atoms with van der Waals surface area (Å²) in [6.07, 6.45) is -0.221. The Balaban J connectivity index is 1.94. The molecule has 0 saturated carbocycles. The highest BCUT2D eigenvalue weighted by Gasteiger charge is 2.33. The van der Waals surface area contributed by atoms with Crippen molar-refractivity contribution in [2.75, 3.05) is 13.1 Å². The number of aromatic nitrogens is 1. The summed E-state index contributed by atoms with van der Waals surface area (Å²) in [5.41, 5.74) is 0.697. The van der Waals surface area contributed by atoms with Crippen LogP contribution in [0.1, 0.15) is 35.6 Å². The van der Waals surface area contributed by atoms with Gasteiger partial charge in [0.25, 0.3) is 0 Å². The first-order chi connectivity index (χ1) is 12.4. The molecule has 26 heavy (non-hydrogen) atoms. The van der Waals surface area contributed by atoms with Gasteiger partial charge >= 0.3 is 12.1 Å². The van der Waals surface area contributed by atoms with Crippen LogP contribution in [0.3, 0.4) is 0 Å². The van der Waals surface area contributed by atoms with Crippen molar-refractivity contribution in [1.29, 1.82) is 0 Å². The molecule has 3 rings (SSSR count). The molecule has 1 fully saturated rings. The second-order valence-corrected chi connectivity index (χ2v) is 6.45. The van der Waals surface area contributed by atoms with Crippen LogP contribution in [0.5, 0.6) is 0 Å². The van der Waals surface area contributed by atoms with Gasteiger partial charge in [-0.15, -0.1) is 0 Å². The highest BCUT2D eigenvalue weighted by Crippen LogP contribution is 2.36. The Hall–Kier alpha value is -2.41. The van der Waals surface area contributed by atoms with E-state index in [1.807, 2.05) is 4.90 Å². The number of nitrogens with zero attached hydrogens (tertiary/aromatic N) is 2. The Kier molecular flexibility index (Phi) is 5.27. The van der Waals surface area contributed by atoms with Crippen molar-refractivity contribution in [2.45, 2.75) is 25.1 Å². The Bertz CT molecular complexity index is 757. The molecule has 1 N–H and O–H groups in total. The number of pyridine rings is 1. The molecular weight excluding hydrogens is 345 g/mol. The van der Waals surface area contributed by atoms with Crippen LogP contribution in [0.2, 0.25) is 0 Å². The molecule has 0 spiro atoms. The van der Waals surface area contributed by atoms with E-state index in [0.717, 1.165) is 11.6 Å². The van der Waals surface area contributed by atoms with Gasteiger partial charge in [0.2, 0.25) is 0 Å². The van der Waals surface area contributed by atoms with E-state index in [-0.39, 0.29) is 6.04 Å². The van der Waals surface area contributed by atoms with Gasteiger partial charge in [0, 0.05) is 12.4 Å². The molecule has 4 nitrogen and oxygen atoms in total. The number of carboxylic acid groups (broad SMARTS) is 1. The minimum absolute atomic E-state index is 0.366. The maximum absolute atomic E-state index is 13.1. The topological polar surface area (TPSA) is 53.4 Å². The molecule has 2 aromatic rings. The lowest BCUT2D eigenvalue weighted by atomic mass is 9.91. The van der Waals surface area contributed by atoms with Gasteiger partial charge in [-0.2, -0.15) is 13.2 Å². The molecule has 0 radical (unpaired) electrons. The lowest BCUT2D eigenvalue weighted by Gasteiger charge is -2.37. The lowest BCUT2D eigenvalue weighted by Crippen LogP contribution is -2.39. The van der Waals surface area contributed by atoms with Gasteiger partial charge < -0.3 is 5.11 Å². The standard InChI is InChI=1S/C19H19F3N2O2/c20-19(21,22)16-3-1-2-15(12-16)17(13-4-8-23-9-5-13)24-10-6-14(7-11-24)18(25)26/h1-5,8-9,12,14,17H,6-7,10-11H2,(H,25,26). The van der Waals surface area contributed by atoms with E-state index >= 15 is 0 Å². The first-order valence-corrected chi connectivity index (χ1v) is 8.40. The Morgan fingerprint density at radius 1 is 1.12 bits per heavy atom. The van der Waals surface area contributed by atoms with Gasteiger partial charge in [0.1, 0.15) is 0 Å². The molecule has 138 valence electrons. The number of carboxylic acids is 1. The molecule has 7 heteroatoms. The fourth-order valence-electron chi connectivity index (χ4n) is 3.45. The largest absolute Gasteiger partial charge is 0.481 e. The van der Waals surface area contributed by atoms with E-state index < -0.39 is 23.6 Å². The van der Waals surface area contributed by atoms with Crippen molar-refractivity contribution in [3.8, 4) is 0 Å². The van der Waals surface area contributed by atoms with Crippen molar-refractivity contribution in [3.63, 3.8) is 0 Å². The number of carbonyl (C=O) groups is 1. The zero-order valence-electron chi connectivity index (χ0n) is 14.0. The highest BCUT2D eigenvalue weighted by molar-refractivity contribution is 5.70. The summed E-state index contributed by atoms with van der Waals surface area (Å²) in [6, 6.07) is 8.54. The molecule has 0 bridgehead atoms. The molecule has 1 atom stereocenters. The van der Waals surface area contributed by atoms with Crippen LogP contribution in [-0.4, -0.2) is 34.0 Å². The van der Waals surface area contributed by atoms with Gasteiger partial charge in [0.05, 0.1) is 17.5 Å². The molecule has 1 aromatic heterocycles. The van der Waals surface area contributed by atoms with Crippen LogP contribution in [0, 0.1) is 5.92 Å². The van der Waals surface area contributed by atoms with Crippen molar-refractivity contribution >= 4 is 5.97 Å². The molecule has 0 amide bonds. The third kappa shape index (κ3) is 4.04. The summed E-state index contributed by atoms with van der Waals surface area (Å²) in [7, 11) is 0. The van der Waals surface area contributed by atoms with E-state index in [4.69, 9.17) is 0 Å². The van der Waals surface area contributed by atoms with E-state index in [9.17, 15) is 23.1 Å². The van der Waals surface area contributed by atoms with Gasteiger partial charge in [-0.1, -0.05) is 12.1 Å². The van der Waals surface area contributed by atoms with Crippen LogP contribution >= 0.6 is 0 Å². The van der Waals surface area contributed by atoms with Crippen molar-refractivity contribution in [3.05, 3.63) is 65.5 Å². The predicted octanol–water partition coefficient (Wildman–Crippen LogP) is 3.99. The summed E-state index contributed by atoms with van der Waals surface area (Å²) in [6.45, 7) is 1.03. The second-order valence-electron chi connectivity index (χ2n) is 6.45. The summed E-state index contributed by atoms with van der Waals surface area (Å²) in [5, 5.41) is 9.17. The second kappa shape index (κ2) is 7.45. The number of halogens is 3. The van der Waals surface area contributed by atoms with Crippen LogP contribution < -0.4 is 0 Å². The molecular formula is C19H19F3N2O2. The average Bonchev–Trinajstić information content (AvgIpc) is 2.63. The number of alkyl halides is 3. The molecule has 1 aliphatic heterocycles. The van der Waals surface area contributed by atoms with Crippen LogP contribution in [0.15, 0.2) is 48.8 Å². The quantitative estimate of drug-likeness (QED) is 0.891. The smallest absolute Gasteiger partial charge is 0.416 e. The zero-order valence-corrected chi connectivity index (χ0v) is 14.0. The number of benzene rings is 1. The van der Waals surface area contributed by atoms with Gasteiger partial charge in [0.15, 0.2) is 0 Å². The van der Waals surface area contributed by atoms with E-state index in [1.54, 1.807) is 30.6 Å². The number of piperidine rings is 1.